The Labute approximate surface area is 125 Å². The van der Waals surface area contributed by atoms with Crippen molar-refractivity contribution < 1.29 is 17.9 Å². The molecule has 1 amide bonds. The number of carbonyl (C=O) groups excluding carboxylic acids is 1. The molecule has 0 saturated carbocycles. The summed E-state index contributed by atoms with van der Waals surface area (Å²) >= 11 is 0. The fourth-order valence-electron chi connectivity index (χ4n) is 1.99. The van der Waals surface area contributed by atoms with E-state index in [4.69, 9.17) is 9.88 Å². The maximum Gasteiger partial charge on any atom is 0.254 e. The van der Waals surface area contributed by atoms with Crippen molar-refractivity contribution in [1.82, 2.24) is 4.90 Å². The molecule has 1 rings (SSSR count). The minimum atomic E-state index is -3.85. The molecule has 0 aromatic heterocycles. The van der Waals surface area contributed by atoms with Crippen LogP contribution in [0.1, 0.15) is 29.8 Å². The lowest BCUT2D eigenvalue weighted by Gasteiger charge is -2.26. The summed E-state index contributed by atoms with van der Waals surface area (Å²) in [6, 6.07) is 4.50. The molecule has 1 aromatic carbocycles. The van der Waals surface area contributed by atoms with Crippen molar-refractivity contribution in [2.45, 2.75) is 31.7 Å². The molecule has 0 fully saturated rings. The number of primary sulfonamides is 1. The third-order valence-electron chi connectivity index (χ3n) is 3.16. The highest BCUT2D eigenvalue weighted by molar-refractivity contribution is 7.89. The number of benzene rings is 1. The summed E-state index contributed by atoms with van der Waals surface area (Å²) < 4.78 is 28.1. The molecule has 0 unspecified atom stereocenters. The van der Waals surface area contributed by atoms with Gasteiger partial charge in [-0.15, -0.1) is 0 Å². The Morgan fingerprint density at radius 1 is 1.38 bits per heavy atom. The van der Waals surface area contributed by atoms with E-state index in [0.29, 0.717) is 24.3 Å². The number of nitrogens with zero attached hydrogens (tertiary/aromatic N) is 1. The summed E-state index contributed by atoms with van der Waals surface area (Å²) in [6.45, 7) is 6.27. The van der Waals surface area contributed by atoms with Crippen LogP contribution >= 0.6 is 0 Å². The minimum Gasteiger partial charge on any atom is -0.383 e. The van der Waals surface area contributed by atoms with Crippen molar-refractivity contribution in [3.8, 4) is 0 Å². The quantitative estimate of drug-likeness (QED) is 0.852. The Hall–Kier alpha value is -1.44. The Balaban J connectivity index is 3.17. The molecule has 0 saturated heterocycles. The van der Waals surface area contributed by atoms with Crippen molar-refractivity contribution in [2.75, 3.05) is 20.3 Å². The standard InChI is InChI=1S/C14H22N2O4S/c1-10(2)16(7-8-20-4)14(17)12-6-5-11(3)13(9-12)21(15,18)19/h5-6,9-10H,7-8H2,1-4H3,(H2,15,18,19). The van der Waals surface area contributed by atoms with E-state index in [0.717, 1.165) is 0 Å². The summed E-state index contributed by atoms with van der Waals surface area (Å²) in [5.41, 5.74) is 0.816. The number of ether oxygens (including phenoxy) is 1. The lowest BCUT2D eigenvalue weighted by molar-refractivity contribution is 0.0634. The fourth-order valence-corrected chi connectivity index (χ4v) is 2.80. The van der Waals surface area contributed by atoms with Gasteiger partial charge in [-0.05, 0) is 38.5 Å². The molecule has 0 atom stereocenters. The highest BCUT2D eigenvalue weighted by Gasteiger charge is 2.21. The van der Waals surface area contributed by atoms with Crippen LogP contribution in [0.5, 0.6) is 0 Å². The third-order valence-corrected chi connectivity index (χ3v) is 4.22. The van der Waals surface area contributed by atoms with E-state index in [1.165, 1.54) is 6.07 Å². The van der Waals surface area contributed by atoms with E-state index < -0.39 is 10.0 Å². The first kappa shape index (κ1) is 17.6. The average molecular weight is 314 g/mol. The molecule has 0 aliphatic rings. The van der Waals surface area contributed by atoms with Crippen molar-refractivity contribution in [3.63, 3.8) is 0 Å². The fraction of sp³-hybridized carbons (Fsp3) is 0.500. The van der Waals surface area contributed by atoms with E-state index in [1.807, 2.05) is 13.8 Å². The minimum absolute atomic E-state index is 0.0214. The Morgan fingerprint density at radius 3 is 2.48 bits per heavy atom. The van der Waals surface area contributed by atoms with Crippen LogP contribution in [0.4, 0.5) is 0 Å². The van der Waals surface area contributed by atoms with Crippen LogP contribution in [-0.4, -0.2) is 45.5 Å². The summed E-state index contributed by atoms with van der Waals surface area (Å²) in [5, 5.41) is 5.17. The van der Waals surface area contributed by atoms with Crippen LogP contribution in [0, 0.1) is 6.92 Å². The van der Waals surface area contributed by atoms with Gasteiger partial charge in [0.05, 0.1) is 11.5 Å². The zero-order valence-corrected chi connectivity index (χ0v) is 13.6. The van der Waals surface area contributed by atoms with Crippen molar-refractivity contribution in [2.24, 2.45) is 5.14 Å². The van der Waals surface area contributed by atoms with Gasteiger partial charge in [0.15, 0.2) is 0 Å². The Kier molecular flexibility index (Phi) is 5.88. The van der Waals surface area contributed by atoms with Crippen LogP contribution in [0.2, 0.25) is 0 Å². The molecule has 0 aliphatic heterocycles. The van der Waals surface area contributed by atoms with Crippen molar-refractivity contribution in [1.29, 1.82) is 0 Å². The third kappa shape index (κ3) is 4.52. The van der Waals surface area contributed by atoms with Gasteiger partial charge in [-0.2, -0.15) is 0 Å². The number of amides is 1. The first-order valence-electron chi connectivity index (χ1n) is 6.61. The largest absolute Gasteiger partial charge is 0.383 e. The van der Waals surface area contributed by atoms with Crippen LogP contribution in [0.25, 0.3) is 0 Å². The molecule has 118 valence electrons. The zero-order valence-electron chi connectivity index (χ0n) is 12.8. The van der Waals surface area contributed by atoms with E-state index >= 15 is 0 Å². The van der Waals surface area contributed by atoms with Gasteiger partial charge < -0.3 is 9.64 Å². The number of aryl methyl sites for hydroxylation is 1. The summed E-state index contributed by atoms with van der Waals surface area (Å²) in [7, 11) is -2.28. The summed E-state index contributed by atoms with van der Waals surface area (Å²) in [5.74, 6) is -0.244. The van der Waals surface area contributed by atoms with Gasteiger partial charge >= 0.3 is 0 Å². The van der Waals surface area contributed by atoms with Crippen LogP contribution < -0.4 is 5.14 Å². The van der Waals surface area contributed by atoms with E-state index in [1.54, 1.807) is 31.1 Å². The highest BCUT2D eigenvalue weighted by Crippen LogP contribution is 2.17. The molecular formula is C14H22N2O4S. The van der Waals surface area contributed by atoms with Gasteiger partial charge in [-0.3, -0.25) is 4.79 Å². The van der Waals surface area contributed by atoms with Gasteiger partial charge in [0, 0.05) is 25.3 Å². The molecule has 6 nitrogen and oxygen atoms in total. The highest BCUT2D eigenvalue weighted by atomic mass is 32.2. The lowest BCUT2D eigenvalue weighted by atomic mass is 10.1. The number of methoxy groups -OCH3 is 1. The van der Waals surface area contributed by atoms with Crippen molar-refractivity contribution in [3.05, 3.63) is 29.3 Å². The summed E-state index contributed by atoms with van der Waals surface area (Å²) in [4.78, 5) is 14.1. The topological polar surface area (TPSA) is 89.7 Å². The van der Waals surface area contributed by atoms with Crippen molar-refractivity contribution >= 4 is 15.9 Å². The van der Waals surface area contributed by atoms with E-state index in [9.17, 15) is 13.2 Å². The number of hydrogen-bond acceptors (Lipinski definition) is 4. The molecule has 7 heteroatoms. The first-order chi connectivity index (χ1) is 9.68. The number of carbonyl (C=O) groups is 1. The number of hydrogen-bond donors (Lipinski definition) is 1. The predicted octanol–water partition coefficient (Wildman–Crippen LogP) is 1.14. The van der Waals surface area contributed by atoms with E-state index in [-0.39, 0.29) is 16.8 Å². The second-order valence-electron chi connectivity index (χ2n) is 5.11. The zero-order chi connectivity index (χ0) is 16.2. The van der Waals surface area contributed by atoms with Crippen LogP contribution in [0.3, 0.4) is 0 Å². The Morgan fingerprint density at radius 2 is 2.00 bits per heavy atom. The molecule has 0 bridgehead atoms. The molecule has 21 heavy (non-hydrogen) atoms. The molecule has 0 radical (unpaired) electrons. The van der Waals surface area contributed by atoms with Gasteiger partial charge in [0.2, 0.25) is 10.0 Å². The number of rotatable bonds is 6. The molecule has 0 heterocycles. The maximum atomic E-state index is 12.5. The SMILES string of the molecule is COCCN(C(=O)c1ccc(C)c(S(N)(=O)=O)c1)C(C)C. The number of sulfonamides is 1. The van der Waals surface area contributed by atoms with Gasteiger partial charge in [0.1, 0.15) is 0 Å². The van der Waals surface area contributed by atoms with E-state index in [2.05, 4.69) is 0 Å². The monoisotopic (exact) mass is 314 g/mol. The lowest BCUT2D eigenvalue weighted by Crippen LogP contribution is -2.39. The molecule has 0 aliphatic carbocycles. The molecule has 2 N–H and O–H groups in total. The predicted molar refractivity (Wildman–Crippen MR) is 80.6 cm³/mol. The molecule has 0 spiro atoms. The summed E-state index contributed by atoms with van der Waals surface area (Å²) in [6.07, 6.45) is 0. The molecular weight excluding hydrogens is 292 g/mol. The second-order valence-corrected chi connectivity index (χ2v) is 6.64. The van der Waals surface area contributed by atoms with Gasteiger partial charge in [0.25, 0.3) is 5.91 Å². The number of nitrogens with two attached hydrogens (primary N) is 1. The molecule has 1 aromatic rings. The van der Waals surface area contributed by atoms with Gasteiger partial charge in [-0.1, -0.05) is 6.07 Å². The normalized spacial score (nSPS) is 11.7. The van der Waals surface area contributed by atoms with Crippen LogP contribution in [-0.2, 0) is 14.8 Å². The maximum absolute atomic E-state index is 12.5. The average Bonchev–Trinajstić information content (AvgIpc) is 2.37. The smallest absolute Gasteiger partial charge is 0.254 e. The van der Waals surface area contributed by atoms with Gasteiger partial charge in [-0.25, -0.2) is 13.6 Å². The Bertz CT molecular complexity index is 611. The first-order valence-corrected chi connectivity index (χ1v) is 8.16. The van der Waals surface area contributed by atoms with Crippen LogP contribution in [0.15, 0.2) is 23.1 Å². The second kappa shape index (κ2) is 7.02.